The summed E-state index contributed by atoms with van der Waals surface area (Å²) in [5.74, 6) is 0.239. The van der Waals surface area contributed by atoms with Gasteiger partial charge in [-0.05, 0) is 52.6 Å². The summed E-state index contributed by atoms with van der Waals surface area (Å²) in [4.78, 5) is 14.3. The van der Waals surface area contributed by atoms with Crippen LogP contribution >= 0.6 is 17.0 Å². The number of rotatable bonds is 10. The van der Waals surface area contributed by atoms with Crippen molar-refractivity contribution in [2.45, 2.75) is 20.0 Å². The van der Waals surface area contributed by atoms with Crippen LogP contribution in [-0.4, -0.2) is 49.5 Å². The van der Waals surface area contributed by atoms with E-state index >= 15 is 0 Å². The molecule has 0 aromatic heterocycles. The first-order valence-corrected chi connectivity index (χ1v) is 13.6. The van der Waals surface area contributed by atoms with Crippen LogP contribution in [0, 0.1) is 16.2 Å². The standard InChI is InChI=1S/C20H27N3O5P.ClH.Pt/c1-6-27-29(26,28-19-9-7-18(8-10-19)23(24)25)20-12-16(14-21(2)3)11-17(13-20)15-22(4)5;;/h7-10,12-13H,6,14-15H2,1-5H3;1H;/q-1;;+2/p-1. The predicted octanol–water partition coefficient (Wildman–Crippen LogP) is 4.14. The molecule has 0 heterocycles. The first-order valence-electron chi connectivity index (χ1n) is 9.28. The number of hydrogen-bond acceptors (Lipinski definition) is 7. The third kappa shape index (κ3) is 9.01. The van der Waals surface area contributed by atoms with Crippen LogP contribution in [0.1, 0.15) is 18.1 Å². The molecule has 174 valence electrons. The number of hydrogen-bond donors (Lipinski definition) is 0. The SMILES string of the molecule is CCOP(=O)(Oc1ccc([N+](=O)[O-])cc1)c1cc(CN(C)C)[c-]c(CN(C)C)c1.[Cl][Pt+]. The Morgan fingerprint density at radius 3 is 1.94 bits per heavy atom. The molecule has 1 atom stereocenters. The van der Waals surface area contributed by atoms with Gasteiger partial charge in [-0.15, -0.1) is 23.3 Å². The quantitative estimate of drug-likeness (QED) is 0.166. The van der Waals surface area contributed by atoms with Crippen LogP contribution in [0.25, 0.3) is 0 Å². The van der Waals surface area contributed by atoms with E-state index in [1.165, 1.54) is 24.3 Å². The number of non-ortho nitro benzene ring substituents is 1. The topological polar surface area (TPSA) is 85.1 Å². The number of benzene rings is 2. The summed E-state index contributed by atoms with van der Waals surface area (Å²) in [6.45, 7) is 3.17. The van der Waals surface area contributed by atoms with Gasteiger partial charge in [0.15, 0.2) is 0 Å². The third-order valence-corrected chi connectivity index (χ3v) is 5.77. The number of nitrogens with zero attached hydrogens (tertiary/aromatic N) is 3. The maximum absolute atomic E-state index is 13.7. The van der Waals surface area contributed by atoms with E-state index in [4.69, 9.17) is 9.05 Å². The Morgan fingerprint density at radius 2 is 1.55 bits per heavy atom. The minimum atomic E-state index is -3.70. The Balaban J connectivity index is 0.00000233. The second kappa shape index (κ2) is 13.3. The van der Waals surface area contributed by atoms with E-state index in [1.54, 1.807) is 37.8 Å². The molecule has 0 amide bonds. The van der Waals surface area contributed by atoms with Gasteiger partial charge in [-0.2, -0.15) is 6.07 Å². The van der Waals surface area contributed by atoms with Crippen molar-refractivity contribution in [3.63, 3.8) is 0 Å². The van der Waals surface area contributed by atoms with Gasteiger partial charge in [0, 0.05) is 25.2 Å². The van der Waals surface area contributed by atoms with Crippen LogP contribution < -0.4 is 9.83 Å². The zero-order valence-corrected chi connectivity index (χ0v) is 22.0. The molecule has 0 aliphatic rings. The summed E-state index contributed by atoms with van der Waals surface area (Å²) < 4.78 is 25.0. The molecule has 0 radical (unpaired) electrons. The summed E-state index contributed by atoms with van der Waals surface area (Å²) in [5.41, 5.74) is 1.67. The van der Waals surface area contributed by atoms with Crippen LogP contribution in [-0.2, 0) is 41.0 Å². The van der Waals surface area contributed by atoms with Crippen molar-refractivity contribution >= 4 is 28.0 Å². The van der Waals surface area contributed by atoms with Gasteiger partial charge < -0.3 is 14.3 Å². The Kier molecular flexibility index (Phi) is 11.9. The summed E-state index contributed by atoms with van der Waals surface area (Å²) in [7, 11) is 8.70. The van der Waals surface area contributed by atoms with E-state index in [0.717, 1.165) is 11.1 Å². The van der Waals surface area contributed by atoms with Crippen LogP contribution in [0.3, 0.4) is 0 Å². The second-order valence-corrected chi connectivity index (χ2v) is 9.07. The molecule has 0 saturated carbocycles. The molecule has 8 nitrogen and oxygen atoms in total. The van der Waals surface area contributed by atoms with E-state index < -0.39 is 12.5 Å². The van der Waals surface area contributed by atoms with Crippen molar-refractivity contribution in [2.24, 2.45) is 0 Å². The molecule has 2 aromatic rings. The summed E-state index contributed by atoms with van der Waals surface area (Å²) in [6, 6.07) is 12.4. The molecule has 0 aliphatic heterocycles. The average Bonchev–Trinajstić information content (AvgIpc) is 2.69. The molecule has 31 heavy (non-hydrogen) atoms. The minimum absolute atomic E-state index is 0.0700. The fraction of sp³-hybridized carbons (Fsp3) is 0.400. The zero-order valence-electron chi connectivity index (χ0n) is 18.1. The van der Waals surface area contributed by atoms with Gasteiger partial charge in [-0.3, -0.25) is 14.6 Å². The van der Waals surface area contributed by atoms with Crippen molar-refractivity contribution in [3.05, 3.63) is 63.7 Å². The van der Waals surface area contributed by atoms with Gasteiger partial charge in [0.2, 0.25) is 0 Å². The number of nitro benzene ring substituents is 1. The van der Waals surface area contributed by atoms with Crippen molar-refractivity contribution in [1.29, 1.82) is 0 Å². The molecule has 0 bridgehead atoms. The van der Waals surface area contributed by atoms with Crippen molar-refractivity contribution < 1.29 is 37.3 Å². The molecule has 0 fully saturated rings. The van der Waals surface area contributed by atoms with E-state index in [1.807, 2.05) is 38.0 Å². The monoisotopic (exact) mass is 650 g/mol. The first kappa shape index (κ1) is 27.8. The Bertz CT molecular complexity index is 869. The number of halogens is 1. The van der Waals surface area contributed by atoms with E-state index in [-0.39, 0.29) is 18.0 Å². The van der Waals surface area contributed by atoms with E-state index in [9.17, 15) is 14.7 Å². The maximum atomic E-state index is 13.7. The first-order chi connectivity index (χ1) is 14.6. The molecular formula is C20H27ClN3O5PPt. The van der Waals surface area contributed by atoms with Gasteiger partial charge in [0.25, 0.3) is 5.69 Å². The van der Waals surface area contributed by atoms with Crippen molar-refractivity contribution in [1.82, 2.24) is 9.80 Å². The molecule has 2 rings (SSSR count). The Labute approximate surface area is 199 Å². The molecule has 2 aromatic carbocycles. The van der Waals surface area contributed by atoms with Crippen LogP contribution in [0.15, 0.2) is 36.4 Å². The summed E-state index contributed by atoms with van der Waals surface area (Å²) >= 11 is 1.61. The van der Waals surface area contributed by atoms with Crippen molar-refractivity contribution in [3.8, 4) is 5.75 Å². The predicted molar refractivity (Wildman–Crippen MR) is 119 cm³/mol. The Hall–Kier alpha value is -1.27. The van der Waals surface area contributed by atoms with Gasteiger partial charge in [0.05, 0.1) is 11.5 Å². The number of nitro groups is 1. The fourth-order valence-corrected chi connectivity index (χ4v) is 4.45. The molecule has 0 saturated heterocycles. The summed E-state index contributed by atoms with van der Waals surface area (Å²) in [6.07, 6.45) is 0. The van der Waals surface area contributed by atoms with Gasteiger partial charge in [-0.1, -0.05) is 0 Å². The van der Waals surface area contributed by atoms with Gasteiger partial charge in [-0.25, -0.2) is 4.57 Å². The summed E-state index contributed by atoms with van der Waals surface area (Å²) in [5, 5.41) is 11.3. The second-order valence-electron chi connectivity index (χ2n) is 7.12. The van der Waals surface area contributed by atoms with Crippen LogP contribution in [0.2, 0.25) is 0 Å². The molecule has 0 N–H and O–H groups in total. The van der Waals surface area contributed by atoms with Crippen molar-refractivity contribution in [2.75, 3.05) is 34.8 Å². The molecule has 0 aliphatic carbocycles. The van der Waals surface area contributed by atoms with Gasteiger partial charge >= 0.3 is 35.8 Å². The van der Waals surface area contributed by atoms with Gasteiger partial charge in [0.1, 0.15) is 5.75 Å². The molecule has 1 unspecified atom stereocenters. The van der Waals surface area contributed by atoms with E-state index in [2.05, 4.69) is 15.5 Å². The third-order valence-electron chi connectivity index (χ3n) is 3.83. The normalized spacial score (nSPS) is 12.8. The zero-order chi connectivity index (χ0) is 23.6. The average molecular weight is 651 g/mol. The molecule has 11 heteroatoms. The van der Waals surface area contributed by atoms with Crippen LogP contribution in [0.4, 0.5) is 5.69 Å². The Morgan fingerprint density at radius 1 is 1.06 bits per heavy atom. The van der Waals surface area contributed by atoms with Crippen LogP contribution in [0.5, 0.6) is 5.75 Å². The molecule has 0 spiro atoms. The van der Waals surface area contributed by atoms with E-state index in [0.29, 0.717) is 18.4 Å². The molecular weight excluding hydrogens is 624 g/mol. The fourth-order valence-electron chi connectivity index (χ4n) is 2.78.